The molecule has 0 aliphatic carbocycles. The first-order chi connectivity index (χ1) is 21.1. The summed E-state index contributed by atoms with van der Waals surface area (Å²) in [5.41, 5.74) is -1.54. The Hall–Kier alpha value is -3.49. The van der Waals surface area contributed by atoms with Crippen molar-refractivity contribution in [3.63, 3.8) is 0 Å². The number of fused-ring (bicyclic) bond motifs is 2. The first kappa shape index (κ1) is 31.9. The smallest absolute Gasteiger partial charge is 0.312 e. The van der Waals surface area contributed by atoms with Gasteiger partial charge in [-0.2, -0.15) is 0 Å². The lowest BCUT2D eigenvalue weighted by atomic mass is 9.62. The van der Waals surface area contributed by atoms with Crippen LogP contribution in [0.2, 0.25) is 0 Å². The Morgan fingerprint density at radius 2 is 1.93 bits per heavy atom. The monoisotopic (exact) mass is 602 g/mol. The lowest BCUT2D eigenvalue weighted by molar-refractivity contribution is -0.163. The van der Waals surface area contributed by atoms with Crippen molar-refractivity contribution in [1.82, 2.24) is 4.90 Å². The van der Waals surface area contributed by atoms with Gasteiger partial charge in [-0.25, -0.2) is 0 Å². The topological polar surface area (TPSA) is 96.4 Å². The maximum atomic E-state index is 15.0. The number of hydrogen-bond donors (Lipinski definition) is 1. The van der Waals surface area contributed by atoms with E-state index in [4.69, 9.17) is 9.47 Å². The number of amides is 2. The van der Waals surface area contributed by atoms with Crippen LogP contribution in [0.5, 0.6) is 0 Å². The van der Waals surface area contributed by atoms with Gasteiger partial charge < -0.3 is 24.4 Å². The Morgan fingerprint density at radius 1 is 1.20 bits per heavy atom. The summed E-state index contributed by atoms with van der Waals surface area (Å²) in [7, 11) is 0. The van der Waals surface area contributed by atoms with Crippen LogP contribution in [0.25, 0.3) is 10.8 Å². The fourth-order valence-corrected chi connectivity index (χ4v) is 7.92. The van der Waals surface area contributed by atoms with Crippen LogP contribution in [0.4, 0.5) is 5.69 Å². The molecule has 3 aliphatic heterocycles. The van der Waals surface area contributed by atoms with E-state index in [1.165, 1.54) is 0 Å². The molecule has 2 bridgehead atoms. The molecule has 8 heteroatoms. The van der Waals surface area contributed by atoms with Gasteiger partial charge in [0.25, 0.3) is 5.91 Å². The normalized spacial score (nSPS) is 30.2. The minimum absolute atomic E-state index is 0.0995. The van der Waals surface area contributed by atoms with Crippen LogP contribution in [0.3, 0.4) is 0 Å². The molecule has 2 amide bonds. The molecule has 236 valence electrons. The van der Waals surface area contributed by atoms with E-state index in [9.17, 15) is 14.7 Å². The van der Waals surface area contributed by atoms with Gasteiger partial charge in [-0.05, 0) is 60.9 Å². The number of nitrogens with zero attached hydrogens (tertiary/aromatic N) is 2. The van der Waals surface area contributed by atoms with Gasteiger partial charge >= 0.3 is 5.97 Å². The van der Waals surface area contributed by atoms with Crippen molar-refractivity contribution in [3.05, 3.63) is 67.8 Å². The standard InChI is InChI=1S/C36H46N2O6/c1-7-10-13-19-43-34(42)30-29-32(40)38(28(22-39)23(4)9-3)31(36(29)21-24(5)35(30,6)44-36)33(41)37(18-8-2)27-17-16-25-14-11-12-15-26(25)20-27/h7-8,11-12,14-17,20,23-24,28-31,39H,1-2,9-10,13,18-19,21-22H2,3-6H3/t23-,24?,28-,29-,30-,31?,35+,36?/m0/s1. The summed E-state index contributed by atoms with van der Waals surface area (Å²) in [6.45, 7) is 15.6. The third-order valence-electron chi connectivity index (χ3n) is 10.5. The number of carbonyl (C=O) groups is 3. The summed E-state index contributed by atoms with van der Waals surface area (Å²) in [4.78, 5) is 46.7. The summed E-state index contributed by atoms with van der Waals surface area (Å²) in [5, 5.41) is 12.7. The average Bonchev–Trinajstić information content (AvgIpc) is 3.54. The maximum Gasteiger partial charge on any atom is 0.312 e. The van der Waals surface area contributed by atoms with E-state index in [1.807, 2.05) is 70.2 Å². The number of hydrogen-bond acceptors (Lipinski definition) is 6. The highest BCUT2D eigenvalue weighted by atomic mass is 16.6. The summed E-state index contributed by atoms with van der Waals surface area (Å²) < 4.78 is 12.6. The van der Waals surface area contributed by atoms with Crippen molar-refractivity contribution in [2.75, 3.05) is 24.7 Å². The van der Waals surface area contributed by atoms with Gasteiger partial charge in [0.15, 0.2) is 0 Å². The van der Waals surface area contributed by atoms with Gasteiger partial charge in [0.05, 0.1) is 30.8 Å². The van der Waals surface area contributed by atoms with Crippen molar-refractivity contribution < 1.29 is 29.0 Å². The number of benzene rings is 2. The Kier molecular flexibility index (Phi) is 9.06. The molecule has 8 nitrogen and oxygen atoms in total. The van der Waals surface area contributed by atoms with Gasteiger partial charge in [0, 0.05) is 12.2 Å². The molecule has 2 aromatic carbocycles. The number of rotatable bonds is 13. The molecule has 3 saturated heterocycles. The molecule has 1 spiro atoms. The summed E-state index contributed by atoms with van der Waals surface area (Å²) in [6.07, 6.45) is 5.91. The molecule has 2 aromatic rings. The second kappa shape index (κ2) is 12.5. The quantitative estimate of drug-likeness (QED) is 0.190. The van der Waals surface area contributed by atoms with Crippen molar-refractivity contribution in [2.45, 2.75) is 76.7 Å². The summed E-state index contributed by atoms with van der Waals surface area (Å²) >= 11 is 0. The van der Waals surface area contributed by atoms with Crippen LogP contribution in [0.15, 0.2) is 67.8 Å². The zero-order chi connectivity index (χ0) is 31.8. The third kappa shape index (κ3) is 4.96. The molecule has 0 aromatic heterocycles. The Morgan fingerprint density at radius 3 is 2.59 bits per heavy atom. The number of aliphatic hydroxyl groups excluding tert-OH is 1. The number of allylic oxidation sites excluding steroid dienone is 1. The van der Waals surface area contributed by atoms with E-state index in [2.05, 4.69) is 13.2 Å². The van der Waals surface area contributed by atoms with E-state index in [1.54, 1.807) is 22.0 Å². The highest BCUT2D eigenvalue weighted by Gasteiger charge is 2.81. The lowest BCUT2D eigenvalue weighted by Gasteiger charge is -2.41. The SMILES string of the molecule is C=CCCCOC(=O)[C@@H]1[C@H]2C(=O)N([C@@H](CO)[C@@H](C)CC)C(C(=O)N(CC=C)c3ccc4ccccc4c3)C23CC(C)[C@@]1(C)O3. The van der Waals surface area contributed by atoms with Crippen LogP contribution in [0.1, 0.15) is 53.4 Å². The minimum atomic E-state index is -1.25. The van der Waals surface area contributed by atoms with E-state index in [-0.39, 0.29) is 43.4 Å². The average molecular weight is 603 g/mol. The molecule has 0 saturated carbocycles. The van der Waals surface area contributed by atoms with E-state index in [0.717, 1.165) is 10.8 Å². The zero-order valence-electron chi connectivity index (χ0n) is 26.4. The first-order valence-corrected chi connectivity index (χ1v) is 15.9. The predicted octanol–water partition coefficient (Wildman–Crippen LogP) is 5.29. The second-order valence-electron chi connectivity index (χ2n) is 13.0. The summed E-state index contributed by atoms with van der Waals surface area (Å²) in [6, 6.07) is 12.1. The molecule has 44 heavy (non-hydrogen) atoms. The third-order valence-corrected chi connectivity index (χ3v) is 10.5. The predicted molar refractivity (Wildman–Crippen MR) is 171 cm³/mol. The number of esters is 1. The van der Waals surface area contributed by atoms with Crippen molar-refractivity contribution in [2.24, 2.45) is 23.7 Å². The Bertz CT molecular complexity index is 1440. The van der Waals surface area contributed by atoms with Gasteiger partial charge in [-0.15, -0.1) is 13.2 Å². The molecular formula is C36H46N2O6. The highest BCUT2D eigenvalue weighted by Crippen LogP contribution is 2.66. The van der Waals surface area contributed by atoms with Crippen molar-refractivity contribution in [1.29, 1.82) is 0 Å². The van der Waals surface area contributed by atoms with E-state index in [0.29, 0.717) is 31.4 Å². The van der Waals surface area contributed by atoms with Crippen LogP contribution in [0, 0.1) is 23.7 Å². The largest absolute Gasteiger partial charge is 0.465 e. The molecule has 0 radical (unpaired) electrons. The first-order valence-electron chi connectivity index (χ1n) is 15.9. The van der Waals surface area contributed by atoms with Crippen molar-refractivity contribution >= 4 is 34.2 Å². The van der Waals surface area contributed by atoms with Crippen LogP contribution in [-0.2, 0) is 23.9 Å². The number of likely N-dealkylation sites (tertiary alicyclic amines) is 1. The van der Waals surface area contributed by atoms with Gasteiger partial charge in [0.2, 0.25) is 5.91 Å². The molecule has 5 rings (SSSR count). The molecule has 3 fully saturated rings. The summed E-state index contributed by atoms with van der Waals surface area (Å²) in [5.74, 6) is -3.09. The van der Waals surface area contributed by atoms with Gasteiger partial charge in [0.1, 0.15) is 17.6 Å². The van der Waals surface area contributed by atoms with Crippen molar-refractivity contribution in [3.8, 4) is 0 Å². The van der Waals surface area contributed by atoms with Crippen LogP contribution >= 0.6 is 0 Å². The number of ether oxygens (including phenoxy) is 2. The number of aliphatic hydroxyl groups is 1. The molecule has 8 atom stereocenters. The van der Waals surface area contributed by atoms with E-state index < -0.39 is 41.1 Å². The number of anilines is 1. The zero-order valence-corrected chi connectivity index (χ0v) is 26.4. The number of carbonyl (C=O) groups excluding carboxylic acids is 3. The maximum absolute atomic E-state index is 15.0. The molecule has 1 N–H and O–H groups in total. The molecule has 3 unspecified atom stereocenters. The fourth-order valence-electron chi connectivity index (χ4n) is 7.92. The number of unbranched alkanes of at least 4 members (excludes halogenated alkanes) is 1. The highest BCUT2D eigenvalue weighted by molar-refractivity contribution is 6.06. The van der Waals surface area contributed by atoms with Gasteiger partial charge in [-0.3, -0.25) is 14.4 Å². The molecule has 3 heterocycles. The second-order valence-corrected chi connectivity index (χ2v) is 13.0. The van der Waals surface area contributed by atoms with E-state index >= 15 is 4.79 Å². The minimum Gasteiger partial charge on any atom is -0.465 e. The van der Waals surface area contributed by atoms with Gasteiger partial charge in [-0.1, -0.05) is 69.7 Å². The Labute approximate surface area is 260 Å². The van der Waals surface area contributed by atoms with Crippen LogP contribution < -0.4 is 4.90 Å². The molecular weight excluding hydrogens is 556 g/mol. The lowest BCUT2D eigenvalue weighted by Crippen LogP contribution is -2.60. The Balaban J connectivity index is 1.62. The molecule has 3 aliphatic rings. The van der Waals surface area contributed by atoms with Crippen LogP contribution in [-0.4, -0.2) is 70.8 Å². The fraction of sp³-hybridized carbons (Fsp3) is 0.528.